The molecule has 2 unspecified atom stereocenters. The van der Waals surface area contributed by atoms with Gasteiger partial charge in [-0.3, -0.25) is 19.7 Å². The summed E-state index contributed by atoms with van der Waals surface area (Å²) in [6.07, 6.45) is 0.665. The maximum atomic E-state index is 13.0. The fourth-order valence-electron chi connectivity index (χ4n) is 4.20. The summed E-state index contributed by atoms with van der Waals surface area (Å²) in [6, 6.07) is 5.32. The molecule has 3 amide bonds. The number of piperidine rings is 1. The SMILES string of the molecule is CC1(C)NCC1CNCc1cccc2c1C(=O)N(C1CCC(=O)NC1=O)C2. The van der Waals surface area contributed by atoms with E-state index in [4.69, 9.17) is 0 Å². The van der Waals surface area contributed by atoms with E-state index < -0.39 is 6.04 Å². The first-order valence-electron chi connectivity index (χ1n) is 9.58. The largest absolute Gasteiger partial charge is 0.322 e. The van der Waals surface area contributed by atoms with E-state index in [2.05, 4.69) is 29.8 Å². The highest BCUT2D eigenvalue weighted by molar-refractivity contribution is 6.05. The number of carbonyl (C=O) groups is 3. The molecule has 1 aromatic carbocycles. The Morgan fingerprint density at radius 2 is 2.07 bits per heavy atom. The number of benzene rings is 1. The van der Waals surface area contributed by atoms with E-state index in [0.717, 1.165) is 24.2 Å². The van der Waals surface area contributed by atoms with Gasteiger partial charge in [-0.15, -0.1) is 0 Å². The van der Waals surface area contributed by atoms with Gasteiger partial charge in [-0.05, 0) is 31.4 Å². The Morgan fingerprint density at radius 1 is 1.26 bits per heavy atom. The van der Waals surface area contributed by atoms with Gasteiger partial charge in [0.05, 0.1) is 0 Å². The first-order chi connectivity index (χ1) is 12.9. The average Bonchev–Trinajstić information content (AvgIpc) is 2.95. The first kappa shape index (κ1) is 18.1. The zero-order valence-corrected chi connectivity index (χ0v) is 15.8. The van der Waals surface area contributed by atoms with E-state index in [0.29, 0.717) is 31.0 Å². The molecule has 2 atom stereocenters. The summed E-state index contributed by atoms with van der Waals surface area (Å²) in [4.78, 5) is 38.2. The number of hydrogen-bond acceptors (Lipinski definition) is 5. The molecule has 2 saturated heterocycles. The summed E-state index contributed by atoms with van der Waals surface area (Å²) in [6.45, 7) is 7.36. The summed E-state index contributed by atoms with van der Waals surface area (Å²) in [7, 11) is 0. The first-order valence-corrected chi connectivity index (χ1v) is 9.58. The molecule has 7 nitrogen and oxygen atoms in total. The van der Waals surface area contributed by atoms with Crippen LogP contribution >= 0.6 is 0 Å². The summed E-state index contributed by atoms with van der Waals surface area (Å²) in [5.74, 6) is -0.169. The van der Waals surface area contributed by atoms with Crippen LogP contribution in [0.25, 0.3) is 0 Å². The smallest absolute Gasteiger partial charge is 0.255 e. The predicted octanol–water partition coefficient (Wildman–Crippen LogP) is 0.535. The maximum absolute atomic E-state index is 13.0. The Balaban J connectivity index is 1.45. The summed E-state index contributed by atoms with van der Waals surface area (Å²) >= 11 is 0. The molecule has 2 fully saturated rings. The van der Waals surface area contributed by atoms with Crippen LogP contribution in [-0.4, -0.2) is 47.3 Å². The summed E-state index contributed by atoms with van der Waals surface area (Å²) in [5, 5.41) is 9.25. The second kappa shape index (κ2) is 6.73. The van der Waals surface area contributed by atoms with E-state index in [1.54, 1.807) is 4.90 Å². The number of carbonyl (C=O) groups excluding carboxylic acids is 3. The molecular weight excluding hydrogens is 344 g/mol. The van der Waals surface area contributed by atoms with Crippen molar-refractivity contribution in [3.8, 4) is 0 Å². The van der Waals surface area contributed by atoms with Crippen molar-refractivity contribution >= 4 is 17.7 Å². The highest BCUT2D eigenvalue weighted by Crippen LogP contribution is 2.30. The normalized spacial score (nSPS) is 26.6. The second-order valence-electron chi connectivity index (χ2n) is 8.28. The molecule has 27 heavy (non-hydrogen) atoms. The van der Waals surface area contributed by atoms with Crippen molar-refractivity contribution in [1.29, 1.82) is 0 Å². The van der Waals surface area contributed by atoms with Gasteiger partial charge in [0.2, 0.25) is 11.8 Å². The number of hydrogen-bond donors (Lipinski definition) is 3. The number of nitrogens with one attached hydrogen (secondary N) is 3. The Hall–Kier alpha value is -2.25. The number of imide groups is 1. The van der Waals surface area contributed by atoms with Gasteiger partial charge in [-0.1, -0.05) is 18.2 Å². The van der Waals surface area contributed by atoms with Crippen molar-refractivity contribution in [3.05, 3.63) is 34.9 Å². The lowest BCUT2D eigenvalue weighted by atomic mass is 9.80. The van der Waals surface area contributed by atoms with Gasteiger partial charge in [0, 0.05) is 49.6 Å². The van der Waals surface area contributed by atoms with Crippen LogP contribution in [0.5, 0.6) is 0 Å². The predicted molar refractivity (Wildman–Crippen MR) is 99.8 cm³/mol. The monoisotopic (exact) mass is 370 g/mol. The highest BCUT2D eigenvalue weighted by atomic mass is 16.2. The van der Waals surface area contributed by atoms with Gasteiger partial charge < -0.3 is 15.5 Å². The van der Waals surface area contributed by atoms with E-state index in [-0.39, 0.29) is 29.7 Å². The number of fused-ring (bicyclic) bond motifs is 1. The van der Waals surface area contributed by atoms with E-state index in [9.17, 15) is 14.4 Å². The van der Waals surface area contributed by atoms with Crippen molar-refractivity contribution in [1.82, 2.24) is 20.9 Å². The fourth-order valence-corrected chi connectivity index (χ4v) is 4.20. The minimum Gasteiger partial charge on any atom is -0.322 e. The highest BCUT2D eigenvalue weighted by Gasteiger charge is 2.40. The zero-order valence-electron chi connectivity index (χ0n) is 15.8. The van der Waals surface area contributed by atoms with Crippen LogP contribution in [0.2, 0.25) is 0 Å². The Labute approximate surface area is 158 Å². The van der Waals surface area contributed by atoms with Crippen molar-refractivity contribution in [2.45, 2.75) is 51.4 Å². The van der Waals surface area contributed by atoms with Gasteiger partial charge in [0.25, 0.3) is 5.91 Å². The Bertz CT molecular complexity index is 804. The summed E-state index contributed by atoms with van der Waals surface area (Å²) in [5.41, 5.74) is 2.79. The Kier molecular flexibility index (Phi) is 4.52. The molecule has 3 aliphatic rings. The molecule has 0 aromatic heterocycles. The third kappa shape index (κ3) is 3.26. The van der Waals surface area contributed by atoms with Gasteiger partial charge in [0.1, 0.15) is 6.04 Å². The standard InChI is InChI=1S/C20H26N4O3/c1-20(2)14(10-22-20)9-21-8-12-4-3-5-13-11-24(19(27)17(12)13)15-6-7-16(25)23-18(15)26/h3-5,14-15,21-22H,6-11H2,1-2H3,(H,23,25,26). The molecular formula is C20H26N4O3. The minimum atomic E-state index is -0.565. The maximum Gasteiger partial charge on any atom is 0.255 e. The molecule has 0 bridgehead atoms. The van der Waals surface area contributed by atoms with E-state index >= 15 is 0 Å². The molecule has 7 heteroatoms. The second-order valence-corrected chi connectivity index (χ2v) is 8.28. The zero-order chi connectivity index (χ0) is 19.2. The third-order valence-corrected chi connectivity index (χ3v) is 6.17. The van der Waals surface area contributed by atoms with Crippen LogP contribution in [0.3, 0.4) is 0 Å². The number of nitrogens with zero attached hydrogens (tertiary/aromatic N) is 1. The van der Waals surface area contributed by atoms with Crippen LogP contribution < -0.4 is 16.0 Å². The molecule has 3 N–H and O–H groups in total. The van der Waals surface area contributed by atoms with Crippen LogP contribution in [0.1, 0.15) is 48.2 Å². The fraction of sp³-hybridized carbons (Fsp3) is 0.550. The lowest BCUT2D eigenvalue weighted by Crippen LogP contribution is -2.63. The van der Waals surface area contributed by atoms with Crippen molar-refractivity contribution < 1.29 is 14.4 Å². The van der Waals surface area contributed by atoms with Crippen molar-refractivity contribution in [2.24, 2.45) is 5.92 Å². The number of rotatable bonds is 5. The molecule has 3 aliphatic heterocycles. The van der Waals surface area contributed by atoms with E-state index in [1.165, 1.54) is 0 Å². The molecule has 4 rings (SSSR count). The molecule has 1 aromatic rings. The van der Waals surface area contributed by atoms with Crippen LogP contribution in [0, 0.1) is 5.92 Å². The van der Waals surface area contributed by atoms with Gasteiger partial charge in [-0.2, -0.15) is 0 Å². The molecule has 3 heterocycles. The number of amides is 3. The molecule has 144 valence electrons. The molecule has 0 spiro atoms. The lowest BCUT2D eigenvalue weighted by molar-refractivity contribution is -0.136. The molecule has 0 aliphatic carbocycles. The van der Waals surface area contributed by atoms with Crippen LogP contribution in [0.4, 0.5) is 0 Å². The molecule has 0 radical (unpaired) electrons. The van der Waals surface area contributed by atoms with Gasteiger partial charge in [-0.25, -0.2) is 0 Å². The van der Waals surface area contributed by atoms with Crippen molar-refractivity contribution in [3.63, 3.8) is 0 Å². The van der Waals surface area contributed by atoms with Gasteiger partial charge in [0.15, 0.2) is 0 Å². The van der Waals surface area contributed by atoms with Crippen molar-refractivity contribution in [2.75, 3.05) is 13.1 Å². The minimum absolute atomic E-state index is 0.109. The Morgan fingerprint density at radius 3 is 2.74 bits per heavy atom. The van der Waals surface area contributed by atoms with Crippen LogP contribution in [0.15, 0.2) is 18.2 Å². The van der Waals surface area contributed by atoms with E-state index in [1.807, 2.05) is 18.2 Å². The topological polar surface area (TPSA) is 90.5 Å². The quantitative estimate of drug-likeness (QED) is 0.658. The molecule has 0 saturated carbocycles. The summed E-state index contributed by atoms with van der Waals surface area (Å²) < 4.78 is 0. The van der Waals surface area contributed by atoms with Crippen LogP contribution in [-0.2, 0) is 22.7 Å². The lowest BCUT2D eigenvalue weighted by Gasteiger charge is -2.46. The average molecular weight is 370 g/mol. The third-order valence-electron chi connectivity index (χ3n) is 6.17. The van der Waals surface area contributed by atoms with Gasteiger partial charge >= 0.3 is 0 Å².